The maximum atomic E-state index is 12.8. The van der Waals surface area contributed by atoms with Crippen LogP contribution in [0.5, 0.6) is 0 Å². The van der Waals surface area contributed by atoms with Gasteiger partial charge in [-0.05, 0) is 35.4 Å². The summed E-state index contributed by atoms with van der Waals surface area (Å²) in [6, 6.07) is 23.6. The number of carbonyl (C=O) groups is 1. The lowest BCUT2D eigenvalue weighted by molar-refractivity contribution is -0.384. The summed E-state index contributed by atoms with van der Waals surface area (Å²) in [4.78, 5) is 27.6. The molecule has 0 saturated heterocycles. The van der Waals surface area contributed by atoms with Crippen molar-refractivity contribution >= 4 is 28.1 Å². The molecule has 3 aromatic carbocycles. The highest BCUT2D eigenvalue weighted by Crippen LogP contribution is 2.27. The lowest BCUT2D eigenvalue weighted by atomic mass is 10.0. The van der Waals surface area contributed by atoms with Crippen LogP contribution < -0.4 is 5.43 Å². The van der Waals surface area contributed by atoms with Gasteiger partial charge in [-0.2, -0.15) is 0 Å². The highest BCUT2D eigenvalue weighted by molar-refractivity contribution is 7.14. The van der Waals surface area contributed by atoms with E-state index in [1.165, 1.54) is 28.5 Å². The number of rotatable bonds is 6. The van der Waals surface area contributed by atoms with Crippen LogP contribution in [0.25, 0.3) is 22.4 Å². The molecular formula is C23H18N4O3S. The lowest BCUT2D eigenvalue weighted by Crippen LogP contribution is -2.32. The molecule has 4 rings (SSSR count). The normalized spacial score (nSPS) is 10.5. The molecule has 8 heteroatoms. The van der Waals surface area contributed by atoms with Crippen molar-refractivity contribution in [3.63, 3.8) is 0 Å². The molecule has 1 heterocycles. The number of hydrazine groups is 1. The number of nitrogens with one attached hydrogen (secondary N) is 1. The maximum Gasteiger partial charge on any atom is 0.271 e. The number of anilines is 1. The van der Waals surface area contributed by atoms with Crippen LogP contribution in [0.1, 0.15) is 10.4 Å². The van der Waals surface area contributed by atoms with Gasteiger partial charge in [0.15, 0.2) is 0 Å². The summed E-state index contributed by atoms with van der Waals surface area (Å²) in [6.45, 7) is 0. The first-order chi connectivity index (χ1) is 15.0. The van der Waals surface area contributed by atoms with Gasteiger partial charge < -0.3 is 0 Å². The van der Waals surface area contributed by atoms with E-state index in [9.17, 15) is 14.9 Å². The quantitative estimate of drug-likeness (QED) is 0.323. The Kier molecular flexibility index (Phi) is 5.72. The Morgan fingerprint density at radius 1 is 0.935 bits per heavy atom. The Bertz CT molecular complexity index is 1210. The third-order valence-corrected chi connectivity index (χ3v) is 5.43. The van der Waals surface area contributed by atoms with Crippen molar-refractivity contribution in [1.82, 2.24) is 9.99 Å². The van der Waals surface area contributed by atoms with Crippen LogP contribution in [0, 0.1) is 10.1 Å². The van der Waals surface area contributed by atoms with Gasteiger partial charge in [0.2, 0.25) is 5.13 Å². The number of hydrogen-bond acceptors (Lipinski definition) is 6. The van der Waals surface area contributed by atoms with Crippen LogP contribution in [-0.2, 0) is 0 Å². The number of thiazole rings is 1. The van der Waals surface area contributed by atoms with E-state index < -0.39 is 4.92 Å². The Labute approximate surface area is 182 Å². The summed E-state index contributed by atoms with van der Waals surface area (Å²) in [5, 5.41) is 14.6. The zero-order valence-electron chi connectivity index (χ0n) is 16.6. The lowest BCUT2D eigenvalue weighted by Gasteiger charge is -2.17. The van der Waals surface area contributed by atoms with E-state index in [4.69, 9.17) is 0 Å². The molecule has 0 aliphatic rings. The smallest absolute Gasteiger partial charge is 0.271 e. The molecule has 0 saturated carbocycles. The predicted octanol–water partition coefficient (Wildman–Crippen LogP) is 5.48. The van der Waals surface area contributed by atoms with Gasteiger partial charge >= 0.3 is 0 Å². The molecule has 0 bridgehead atoms. The number of nitrogens with zero attached hydrogens (tertiary/aromatic N) is 3. The summed E-state index contributed by atoms with van der Waals surface area (Å²) < 4.78 is 0. The topological polar surface area (TPSA) is 88.4 Å². The van der Waals surface area contributed by atoms with E-state index in [1.54, 1.807) is 31.3 Å². The fourth-order valence-corrected chi connectivity index (χ4v) is 3.79. The Morgan fingerprint density at radius 2 is 1.55 bits per heavy atom. The van der Waals surface area contributed by atoms with Gasteiger partial charge in [-0.25, -0.2) is 4.98 Å². The largest absolute Gasteiger partial charge is 0.271 e. The van der Waals surface area contributed by atoms with Crippen molar-refractivity contribution < 1.29 is 9.72 Å². The second kappa shape index (κ2) is 8.76. The Balaban J connectivity index is 1.43. The van der Waals surface area contributed by atoms with Gasteiger partial charge in [0.25, 0.3) is 11.6 Å². The molecule has 0 spiro atoms. The molecule has 154 valence electrons. The van der Waals surface area contributed by atoms with E-state index in [-0.39, 0.29) is 11.6 Å². The first-order valence-corrected chi connectivity index (χ1v) is 10.3. The molecule has 0 atom stereocenters. The van der Waals surface area contributed by atoms with Crippen molar-refractivity contribution in [3.8, 4) is 22.4 Å². The summed E-state index contributed by atoms with van der Waals surface area (Å²) in [5.74, 6) is -0.188. The SMILES string of the molecule is CN(Nc1nc(-c2ccc([N+](=O)[O-])cc2)cs1)C(=O)c1ccc(-c2ccccc2)cc1. The zero-order chi connectivity index (χ0) is 21.8. The molecule has 7 nitrogen and oxygen atoms in total. The summed E-state index contributed by atoms with van der Waals surface area (Å²) in [5.41, 5.74) is 7.15. The molecule has 0 unspecified atom stereocenters. The number of carbonyl (C=O) groups excluding carboxylic acids is 1. The fourth-order valence-electron chi connectivity index (χ4n) is 3.04. The second-order valence-electron chi connectivity index (χ2n) is 6.76. The minimum atomic E-state index is -0.440. The summed E-state index contributed by atoms with van der Waals surface area (Å²) >= 11 is 1.35. The van der Waals surface area contributed by atoms with Crippen LogP contribution in [0.2, 0.25) is 0 Å². The number of benzene rings is 3. The zero-order valence-corrected chi connectivity index (χ0v) is 17.4. The van der Waals surface area contributed by atoms with Gasteiger partial charge in [-0.1, -0.05) is 42.5 Å². The van der Waals surface area contributed by atoms with E-state index in [0.717, 1.165) is 16.7 Å². The Morgan fingerprint density at radius 3 is 2.19 bits per heavy atom. The first kappa shape index (κ1) is 20.2. The number of non-ortho nitro benzene ring substituents is 1. The highest BCUT2D eigenvalue weighted by Gasteiger charge is 2.14. The fraction of sp³-hybridized carbons (Fsp3) is 0.0435. The highest BCUT2D eigenvalue weighted by atomic mass is 32.1. The predicted molar refractivity (Wildman–Crippen MR) is 122 cm³/mol. The van der Waals surface area contributed by atoms with Crippen LogP contribution in [-0.4, -0.2) is 27.9 Å². The molecule has 0 fully saturated rings. The molecule has 1 aromatic heterocycles. The van der Waals surface area contributed by atoms with E-state index in [2.05, 4.69) is 10.4 Å². The van der Waals surface area contributed by atoms with Gasteiger partial charge in [-0.3, -0.25) is 25.3 Å². The number of nitro groups is 1. The average Bonchev–Trinajstić information content (AvgIpc) is 3.27. The van der Waals surface area contributed by atoms with Crippen LogP contribution in [0.4, 0.5) is 10.8 Å². The van der Waals surface area contributed by atoms with Crippen LogP contribution in [0.15, 0.2) is 84.2 Å². The van der Waals surface area contributed by atoms with Crippen molar-refractivity contribution in [1.29, 1.82) is 0 Å². The molecule has 4 aromatic rings. The van der Waals surface area contributed by atoms with E-state index in [0.29, 0.717) is 16.4 Å². The summed E-state index contributed by atoms with van der Waals surface area (Å²) in [7, 11) is 1.64. The maximum absolute atomic E-state index is 12.8. The van der Waals surface area contributed by atoms with Crippen molar-refractivity contribution in [3.05, 3.63) is 99.9 Å². The monoisotopic (exact) mass is 430 g/mol. The third-order valence-electron chi connectivity index (χ3n) is 4.69. The van der Waals surface area contributed by atoms with Crippen molar-refractivity contribution in [2.24, 2.45) is 0 Å². The van der Waals surface area contributed by atoms with Gasteiger partial charge in [0.1, 0.15) is 0 Å². The second-order valence-corrected chi connectivity index (χ2v) is 7.62. The first-order valence-electron chi connectivity index (χ1n) is 9.42. The van der Waals surface area contributed by atoms with Gasteiger partial charge in [0, 0.05) is 35.7 Å². The van der Waals surface area contributed by atoms with Gasteiger partial charge in [0.05, 0.1) is 10.6 Å². The molecule has 1 N–H and O–H groups in total. The van der Waals surface area contributed by atoms with Crippen molar-refractivity contribution in [2.75, 3.05) is 12.5 Å². The number of aromatic nitrogens is 1. The average molecular weight is 430 g/mol. The van der Waals surface area contributed by atoms with Gasteiger partial charge in [-0.15, -0.1) is 11.3 Å². The van der Waals surface area contributed by atoms with Crippen LogP contribution >= 0.6 is 11.3 Å². The number of nitro benzene ring substituents is 1. The standard InChI is InChI=1S/C23H18N4O3S/c1-26(22(28)19-9-7-17(8-10-19)16-5-3-2-4-6-16)25-23-24-21(15-31-23)18-11-13-20(14-12-18)27(29)30/h2-15H,1H3,(H,24,25). The Hall–Kier alpha value is -4.04. The molecule has 1 amide bonds. The minimum absolute atomic E-state index is 0.0286. The molecule has 0 aliphatic carbocycles. The van der Waals surface area contributed by atoms with E-state index in [1.807, 2.05) is 47.8 Å². The van der Waals surface area contributed by atoms with E-state index >= 15 is 0 Å². The molecule has 31 heavy (non-hydrogen) atoms. The third kappa shape index (κ3) is 4.59. The molecule has 0 radical (unpaired) electrons. The minimum Gasteiger partial charge on any atom is -0.271 e. The number of hydrogen-bond donors (Lipinski definition) is 1. The van der Waals surface area contributed by atoms with Crippen molar-refractivity contribution in [2.45, 2.75) is 0 Å². The molecule has 0 aliphatic heterocycles. The number of amides is 1. The summed E-state index contributed by atoms with van der Waals surface area (Å²) in [6.07, 6.45) is 0. The molecular weight excluding hydrogens is 412 g/mol. The van der Waals surface area contributed by atoms with Crippen LogP contribution in [0.3, 0.4) is 0 Å².